The minimum Gasteiger partial charge on any atom is -0.479 e. The summed E-state index contributed by atoms with van der Waals surface area (Å²) < 4.78 is 6.40. The zero-order valence-electron chi connectivity index (χ0n) is 14.2. The van der Waals surface area contributed by atoms with Crippen molar-refractivity contribution in [3.8, 4) is 17.0 Å². The Morgan fingerprint density at radius 3 is 2.96 bits per heavy atom. The van der Waals surface area contributed by atoms with Crippen LogP contribution in [0.4, 0.5) is 10.8 Å². The molecule has 2 aromatic carbocycles. The molecule has 27 heavy (non-hydrogen) atoms. The number of ether oxygens (including phenoxy) is 1. The van der Waals surface area contributed by atoms with Crippen molar-refractivity contribution >= 4 is 49.9 Å². The predicted molar refractivity (Wildman–Crippen MR) is 108 cm³/mol. The summed E-state index contributed by atoms with van der Waals surface area (Å²) in [5.41, 5.74) is 2.69. The molecule has 0 spiro atoms. The van der Waals surface area contributed by atoms with Gasteiger partial charge in [0.15, 0.2) is 11.2 Å². The van der Waals surface area contributed by atoms with E-state index >= 15 is 0 Å². The second-order valence-electron chi connectivity index (χ2n) is 5.96. The van der Waals surface area contributed by atoms with E-state index < -0.39 is 6.10 Å². The highest BCUT2D eigenvalue weighted by atomic mass is 79.9. The van der Waals surface area contributed by atoms with Crippen molar-refractivity contribution in [3.63, 3.8) is 0 Å². The molecule has 0 bridgehead atoms. The molecule has 136 valence electrons. The molecule has 6 nitrogen and oxygen atoms in total. The summed E-state index contributed by atoms with van der Waals surface area (Å²) in [5, 5.41) is 7.98. The molecule has 0 saturated carbocycles. The number of rotatable bonds is 3. The molecule has 4 rings (SSSR count). The summed E-state index contributed by atoms with van der Waals surface area (Å²) in [7, 11) is 0. The Morgan fingerprint density at radius 2 is 2.15 bits per heavy atom. The zero-order chi connectivity index (χ0) is 19.0. The third-order valence-electron chi connectivity index (χ3n) is 4.02. The van der Waals surface area contributed by atoms with Crippen molar-refractivity contribution in [2.45, 2.75) is 13.0 Å². The van der Waals surface area contributed by atoms with Crippen LogP contribution in [0.5, 0.6) is 5.75 Å². The van der Waals surface area contributed by atoms with Gasteiger partial charge in [0, 0.05) is 21.0 Å². The van der Waals surface area contributed by atoms with E-state index in [1.165, 1.54) is 11.3 Å². The van der Waals surface area contributed by atoms with E-state index in [-0.39, 0.29) is 11.8 Å². The lowest BCUT2D eigenvalue weighted by Crippen LogP contribution is -2.34. The van der Waals surface area contributed by atoms with Crippen molar-refractivity contribution in [1.82, 2.24) is 4.98 Å². The number of anilines is 2. The Labute approximate surface area is 167 Å². The van der Waals surface area contributed by atoms with E-state index in [1.54, 1.807) is 31.2 Å². The number of halogens is 1. The second kappa shape index (κ2) is 7.13. The quantitative estimate of drug-likeness (QED) is 0.622. The highest BCUT2D eigenvalue weighted by molar-refractivity contribution is 9.10. The highest BCUT2D eigenvalue weighted by Gasteiger charge is 2.24. The lowest BCUT2D eigenvalue weighted by Gasteiger charge is -2.23. The molecule has 1 aliphatic rings. The zero-order valence-corrected chi connectivity index (χ0v) is 16.6. The second-order valence-corrected chi connectivity index (χ2v) is 7.74. The van der Waals surface area contributed by atoms with Gasteiger partial charge in [-0.15, -0.1) is 11.3 Å². The Hall–Kier alpha value is -2.71. The van der Waals surface area contributed by atoms with E-state index in [2.05, 4.69) is 31.5 Å². The summed E-state index contributed by atoms with van der Waals surface area (Å²) in [5.74, 6) is 0.224. The fraction of sp³-hybridized carbons (Fsp3) is 0.105. The number of aromatic nitrogens is 1. The summed E-state index contributed by atoms with van der Waals surface area (Å²) in [6.45, 7) is 1.70. The van der Waals surface area contributed by atoms with Crippen LogP contribution in [0.1, 0.15) is 17.3 Å². The lowest BCUT2D eigenvalue weighted by atomic mass is 10.1. The van der Waals surface area contributed by atoms with Crippen LogP contribution in [0.25, 0.3) is 11.3 Å². The molecule has 1 atom stereocenters. The number of nitrogens with one attached hydrogen (secondary N) is 2. The van der Waals surface area contributed by atoms with Gasteiger partial charge in [-0.05, 0) is 43.3 Å². The van der Waals surface area contributed by atoms with Crippen molar-refractivity contribution in [2.24, 2.45) is 0 Å². The van der Waals surface area contributed by atoms with Gasteiger partial charge in [-0.25, -0.2) is 4.98 Å². The van der Waals surface area contributed by atoms with Crippen LogP contribution in [0.3, 0.4) is 0 Å². The molecule has 0 saturated heterocycles. The van der Waals surface area contributed by atoms with Gasteiger partial charge in [-0.3, -0.25) is 14.9 Å². The van der Waals surface area contributed by atoms with Crippen molar-refractivity contribution in [3.05, 3.63) is 57.9 Å². The van der Waals surface area contributed by atoms with Crippen molar-refractivity contribution in [1.29, 1.82) is 0 Å². The topological polar surface area (TPSA) is 80.3 Å². The molecule has 1 aliphatic heterocycles. The maximum absolute atomic E-state index is 12.3. The monoisotopic (exact) mass is 443 g/mol. The number of thiazole rings is 1. The van der Waals surface area contributed by atoms with E-state index in [9.17, 15) is 9.59 Å². The molecular weight excluding hydrogens is 430 g/mol. The maximum atomic E-state index is 12.3. The Kier molecular flexibility index (Phi) is 4.67. The summed E-state index contributed by atoms with van der Waals surface area (Å²) >= 11 is 4.69. The van der Waals surface area contributed by atoms with Crippen LogP contribution in [0, 0.1) is 0 Å². The summed E-state index contributed by atoms with van der Waals surface area (Å²) in [6.07, 6.45) is -0.512. The molecule has 2 amide bonds. The van der Waals surface area contributed by atoms with Crippen LogP contribution in [0.15, 0.2) is 52.3 Å². The SMILES string of the molecule is C[C@@H]1Oc2ccc(-c3csc(NC(=O)c4cccc(Br)c4)n3)cc2NC1=O. The first-order valence-electron chi connectivity index (χ1n) is 8.14. The van der Waals surface area contributed by atoms with Gasteiger partial charge < -0.3 is 10.1 Å². The number of fused-ring (bicyclic) bond motifs is 1. The van der Waals surface area contributed by atoms with Crippen LogP contribution < -0.4 is 15.4 Å². The molecule has 0 aliphatic carbocycles. The Balaban J connectivity index is 1.54. The van der Waals surface area contributed by atoms with Gasteiger partial charge in [0.1, 0.15) is 5.75 Å². The number of carbonyl (C=O) groups is 2. The lowest BCUT2D eigenvalue weighted by molar-refractivity contribution is -0.122. The predicted octanol–water partition coefficient (Wildman–Crippen LogP) is 4.54. The number of benzene rings is 2. The molecule has 3 aromatic rings. The Bertz CT molecular complexity index is 1050. The minimum absolute atomic E-state index is 0.181. The van der Waals surface area contributed by atoms with Crippen LogP contribution in [-0.2, 0) is 4.79 Å². The molecule has 2 N–H and O–H groups in total. The van der Waals surface area contributed by atoms with Gasteiger partial charge in [-0.2, -0.15) is 0 Å². The molecule has 0 fully saturated rings. The van der Waals surface area contributed by atoms with E-state index in [0.717, 1.165) is 10.0 Å². The first kappa shape index (κ1) is 17.7. The fourth-order valence-corrected chi connectivity index (χ4v) is 3.74. The van der Waals surface area contributed by atoms with Gasteiger partial charge in [0.2, 0.25) is 0 Å². The minimum atomic E-state index is -0.512. The third kappa shape index (κ3) is 3.72. The van der Waals surface area contributed by atoms with E-state index in [4.69, 9.17) is 4.74 Å². The summed E-state index contributed by atoms with van der Waals surface area (Å²) in [6, 6.07) is 12.6. The van der Waals surface area contributed by atoms with Crippen molar-refractivity contribution in [2.75, 3.05) is 10.6 Å². The van der Waals surface area contributed by atoms with Gasteiger partial charge >= 0.3 is 0 Å². The normalized spacial score (nSPS) is 15.5. The van der Waals surface area contributed by atoms with Gasteiger partial charge in [0.05, 0.1) is 11.4 Å². The number of nitrogens with zero attached hydrogens (tertiary/aromatic N) is 1. The average Bonchev–Trinajstić information content (AvgIpc) is 3.11. The number of carbonyl (C=O) groups excluding carboxylic acids is 2. The smallest absolute Gasteiger partial charge is 0.265 e. The number of amides is 2. The molecule has 0 radical (unpaired) electrons. The highest BCUT2D eigenvalue weighted by Crippen LogP contribution is 2.35. The van der Waals surface area contributed by atoms with E-state index in [0.29, 0.717) is 27.8 Å². The molecule has 1 aromatic heterocycles. The number of hydrogen-bond acceptors (Lipinski definition) is 5. The largest absolute Gasteiger partial charge is 0.479 e. The third-order valence-corrected chi connectivity index (χ3v) is 5.27. The van der Waals surface area contributed by atoms with Crippen LogP contribution in [0.2, 0.25) is 0 Å². The molecular formula is C19H14BrN3O3S. The molecule has 2 heterocycles. The van der Waals surface area contributed by atoms with Crippen LogP contribution in [-0.4, -0.2) is 22.9 Å². The standard InChI is InChI=1S/C19H14BrN3O3S/c1-10-17(24)21-14-8-11(5-6-16(14)26-10)15-9-27-19(22-15)23-18(25)12-3-2-4-13(20)7-12/h2-10H,1H3,(H,21,24)(H,22,23,25)/t10-/m0/s1. The van der Waals surface area contributed by atoms with Crippen molar-refractivity contribution < 1.29 is 14.3 Å². The first-order chi connectivity index (χ1) is 13.0. The number of hydrogen-bond donors (Lipinski definition) is 2. The molecule has 8 heteroatoms. The summed E-state index contributed by atoms with van der Waals surface area (Å²) in [4.78, 5) is 28.6. The maximum Gasteiger partial charge on any atom is 0.265 e. The first-order valence-corrected chi connectivity index (χ1v) is 9.81. The van der Waals surface area contributed by atoms with E-state index in [1.807, 2.05) is 23.6 Å². The van der Waals surface area contributed by atoms with Gasteiger partial charge in [-0.1, -0.05) is 22.0 Å². The van der Waals surface area contributed by atoms with Gasteiger partial charge in [0.25, 0.3) is 11.8 Å². The molecule has 0 unspecified atom stereocenters. The fourth-order valence-electron chi connectivity index (χ4n) is 2.63. The Morgan fingerprint density at radius 1 is 1.30 bits per heavy atom. The average molecular weight is 444 g/mol. The van der Waals surface area contributed by atoms with Crippen LogP contribution >= 0.6 is 27.3 Å².